The van der Waals surface area contributed by atoms with Gasteiger partial charge >= 0.3 is 0 Å². The van der Waals surface area contributed by atoms with Gasteiger partial charge in [-0.25, -0.2) is 17.2 Å². The van der Waals surface area contributed by atoms with Crippen molar-refractivity contribution in [3.63, 3.8) is 0 Å². The standard InChI is InChI=1S/C12H13F2N3O2S/c1-7(2)10-6-12(16-15-10)17-20(18,19)11-4-3-8(13)5-9(11)14/h3-7H,1-2H3,(H2,15,16,17). The Morgan fingerprint density at radius 3 is 2.50 bits per heavy atom. The van der Waals surface area contributed by atoms with Crippen molar-refractivity contribution >= 4 is 15.8 Å². The largest absolute Gasteiger partial charge is 0.280 e. The number of sulfonamides is 1. The van der Waals surface area contributed by atoms with E-state index < -0.39 is 26.6 Å². The summed E-state index contributed by atoms with van der Waals surface area (Å²) in [5.41, 5.74) is 0.738. The minimum atomic E-state index is -4.15. The first-order chi connectivity index (χ1) is 9.29. The normalized spacial score (nSPS) is 11.8. The molecule has 20 heavy (non-hydrogen) atoms. The number of hydrogen-bond donors (Lipinski definition) is 2. The Morgan fingerprint density at radius 2 is 1.95 bits per heavy atom. The lowest BCUT2D eigenvalue weighted by atomic mass is 10.1. The summed E-state index contributed by atoms with van der Waals surface area (Å²) in [6.07, 6.45) is 0. The molecule has 2 rings (SSSR count). The molecule has 0 unspecified atom stereocenters. The molecule has 2 N–H and O–H groups in total. The van der Waals surface area contributed by atoms with Gasteiger partial charge in [0.25, 0.3) is 10.0 Å². The lowest BCUT2D eigenvalue weighted by Crippen LogP contribution is -2.15. The van der Waals surface area contributed by atoms with E-state index in [9.17, 15) is 17.2 Å². The highest BCUT2D eigenvalue weighted by Gasteiger charge is 2.21. The molecule has 2 aromatic rings. The molecule has 0 saturated heterocycles. The van der Waals surface area contributed by atoms with Gasteiger partial charge in [0.1, 0.15) is 16.5 Å². The molecule has 5 nitrogen and oxygen atoms in total. The zero-order valence-electron chi connectivity index (χ0n) is 10.8. The Kier molecular flexibility index (Phi) is 3.76. The van der Waals surface area contributed by atoms with Crippen LogP contribution in [-0.4, -0.2) is 18.6 Å². The number of aromatic nitrogens is 2. The molecule has 108 valence electrons. The lowest BCUT2D eigenvalue weighted by molar-refractivity contribution is 0.551. The Bertz CT molecular complexity index is 726. The average Bonchev–Trinajstić information content (AvgIpc) is 2.76. The topological polar surface area (TPSA) is 74.8 Å². The first-order valence-electron chi connectivity index (χ1n) is 5.83. The maximum Gasteiger partial charge on any atom is 0.266 e. The highest BCUT2D eigenvalue weighted by atomic mass is 32.2. The molecular formula is C12H13F2N3O2S. The molecule has 0 aliphatic carbocycles. The molecule has 0 fully saturated rings. The fraction of sp³-hybridized carbons (Fsp3) is 0.250. The van der Waals surface area contributed by atoms with Crippen molar-refractivity contribution in [1.82, 2.24) is 10.2 Å². The highest BCUT2D eigenvalue weighted by molar-refractivity contribution is 7.92. The van der Waals surface area contributed by atoms with Crippen LogP contribution in [-0.2, 0) is 10.0 Å². The number of halogens is 2. The summed E-state index contributed by atoms with van der Waals surface area (Å²) in [7, 11) is -4.15. The van der Waals surface area contributed by atoms with Crippen LogP contribution in [0.1, 0.15) is 25.5 Å². The zero-order valence-corrected chi connectivity index (χ0v) is 11.6. The number of H-pyrrole nitrogens is 1. The van der Waals surface area contributed by atoms with Gasteiger partial charge in [-0.15, -0.1) is 0 Å². The summed E-state index contributed by atoms with van der Waals surface area (Å²) >= 11 is 0. The van der Waals surface area contributed by atoms with Crippen LogP contribution < -0.4 is 4.72 Å². The fourth-order valence-electron chi connectivity index (χ4n) is 1.57. The van der Waals surface area contributed by atoms with Crippen LogP contribution in [0.2, 0.25) is 0 Å². The number of nitrogens with zero attached hydrogens (tertiary/aromatic N) is 1. The summed E-state index contributed by atoms with van der Waals surface area (Å²) in [5, 5.41) is 6.46. The van der Waals surface area contributed by atoms with E-state index in [1.54, 1.807) is 0 Å². The Labute approximate surface area is 115 Å². The van der Waals surface area contributed by atoms with Crippen molar-refractivity contribution in [2.24, 2.45) is 0 Å². The number of rotatable bonds is 4. The third-order valence-corrected chi connectivity index (χ3v) is 4.03. The van der Waals surface area contributed by atoms with Gasteiger partial charge in [-0.1, -0.05) is 13.8 Å². The van der Waals surface area contributed by atoms with Crippen molar-refractivity contribution in [1.29, 1.82) is 0 Å². The lowest BCUT2D eigenvalue weighted by Gasteiger charge is -2.06. The number of anilines is 1. The Morgan fingerprint density at radius 1 is 1.25 bits per heavy atom. The van der Waals surface area contributed by atoms with Crippen LogP contribution in [0.3, 0.4) is 0 Å². The van der Waals surface area contributed by atoms with Crippen molar-refractivity contribution in [2.75, 3.05) is 4.72 Å². The molecule has 1 aromatic heterocycles. The summed E-state index contributed by atoms with van der Waals surface area (Å²) in [6, 6.07) is 3.77. The molecule has 0 spiro atoms. The van der Waals surface area contributed by atoms with E-state index in [1.807, 2.05) is 13.8 Å². The number of nitrogens with one attached hydrogen (secondary N) is 2. The van der Waals surface area contributed by atoms with Gasteiger partial charge in [0.15, 0.2) is 5.82 Å². The second kappa shape index (κ2) is 5.20. The summed E-state index contributed by atoms with van der Waals surface area (Å²) in [4.78, 5) is -0.631. The van der Waals surface area contributed by atoms with Gasteiger partial charge in [0, 0.05) is 17.8 Å². The van der Waals surface area contributed by atoms with Crippen LogP contribution in [0.4, 0.5) is 14.6 Å². The predicted octanol–water partition coefficient (Wildman–Crippen LogP) is 2.61. The fourth-order valence-corrected chi connectivity index (χ4v) is 2.62. The number of aromatic amines is 1. The maximum atomic E-state index is 13.5. The van der Waals surface area contributed by atoms with E-state index in [0.717, 1.165) is 17.8 Å². The van der Waals surface area contributed by atoms with E-state index in [2.05, 4.69) is 14.9 Å². The van der Waals surface area contributed by atoms with Crippen LogP contribution in [0.5, 0.6) is 0 Å². The molecule has 1 heterocycles. The van der Waals surface area contributed by atoms with Gasteiger partial charge in [0.05, 0.1) is 0 Å². The van der Waals surface area contributed by atoms with Crippen LogP contribution >= 0.6 is 0 Å². The van der Waals surface area contributed by atoms with Crippen molar-refractivity contribution in [3.05, 3.63) is 41.6 Å². The summed E-state index contributed by atoms with van der Waals surface area (Å²) in [6.45, 7) is 3.82. The second-order valence-electron chi connectivity index (χ2n) is 4.54. The number of hydrogen-bond acceptors (Lipinski definition) is 3. The van der Waals surface area contributed by atoms with E-state index in [-0.39, 0.29) is 11.7 Å². The molecule has 0 aliphatic rings. The van der Waals surface area contributed by atoms with E-state index in [0.29, 0.717) is 6.07 Å². The first kappa shape index (κ1) is 14.4. The monoisotopic (exact) mass is 301 g/mol. The zero-order chi connectivity index (χ0) is 14.9. The van der Waals surface area contributed by atoms with E-state index in [4.69, 9.17) is 0 Å². The number of benzene rings is 1. The van der Waals surface area contributed by atoms with E-state index in [1.165, 1.54) is 6.07 Å². The van der Waals surface area contributed by atoms with Crippen molar-refractivity contribution in [3.8, 4) is 0 Å². The van der Waals surface area contributed by atoms with Gasteiger partial charge in [0.2, 0.25) is 0 Å². The Balaban J connectivity index is 2.30. The molecular weight excluding hydrogens is 288 g/mol. The minimum Gasteiger partial charge on any atom is -0.280 e. The first-order valence-corrected chi connectivity index (χ1v) is 7.31. The quantitative estimate of drug-likeness (QED) is 0.911. The van der Waals surface area contributed by atoms with Gasteiger partial charge in [-0.05, 0) is 18.1 Å². The van der Waals surface area contributed by atoms with Crippen molar-refractivity contribution in [2.45, 2.75) is 24.7 Å². The molecule has 0 saturated carbocycles. The average molecular weight is 301 g/mol. The van der Waals surface area contributed by atoms with Crippen LogP contribution in [0.25, 0.3) is 0 Å². The van der Waals surface area contributed by atoms with Gasteiger partial charge < -0.3 is 0 Å². The molecule has 0 radical (unpaired) electrons. The molecule has 0 aliphatic heterocycles. The third kappa shape index (κ3) is 2.96. The maximum absolute atomic E-state index is 13.5. The molecule has 0 bridgehead atoms. The predicted molar refractivity (Wildman–Crippen MR) is 69.8 cm³/mol. The molecule has 8 heteroatoms. The summed E-state index contributed by atoms with van der Waals surface area (Å²) in [5.74, 6) is -1.80. The van der Waals surface area contributed by atoms with E-state index >= 15 is 0 Å². The third-order valence-electron chi connectivity index (χ3n) is 2.64. The SMILES string of the molecule is CC(C)c1cc(NS(=O)(=O)c2ccc(F)cc2F)n[nH]1. The second-order valence-corrected chi connectivity index (χ2v) is 6.19. The van der Waals surface area contributed by atoms with Crippen LogP contribution in [0.15, 0.2) is 29.2 Å². The van der Waals surface area contributed by atoms with Crippen molar-refractivity contribution < 1.29 is 17.2 Å². The highest BCUT2D eigenvalue weighted by Crippen LogP contribution is 2.20. The summed E-state index contributed by atoms with van der Waals surface area (Å²) < 4.78 is 52.4. The van der Waals surface area contributed by atoms with Gasteiger partial charge in [-0.3, -0.25) is 9.82 Å². The van der Waals surface area contributed by atoms with Crippen LogP contribution in [0, 0.1) is 11.6 Å². The smallest absolute Gasteiger partial charge is 0.266 e. The molecule has 0 atom stereocenters. The minimum absolute atomic E-state index is 0.0532. The Hall–Kier alpha value is -1.96. The molecule has 0 amide bonds. The molecule has 1 aromatic carbocycles. The van der Waals surface area contributed by atoms with Gasteiger partial charge in [-0.2, -0.15) is 5.10 Å².